The van der Waals surface area contributed by atoms with Crippen molar-refractivity contribution >= 4 is 6.02 Å². The third-order valence-corrected chi connectivity index (χ3v) is 1.76. The number of nitrogens with zero attached hydrogens (tertiary/aromatic N) is 3. The van der Waals surface area contributed by atoms with Crippen molar-refractivity contribution in [3.63, 3.8) is 0 Å². The summed E-state index contributed by atoms with van der Waals surface area (Å²) < 4.78 is 34.6. The van der Waals surface area contributed by atoms with Crippen molar-refractivity contribution in [3.05, 3.63) is 0 Å². The van der Waals surface area contributed by atoms with Crippen LogP contribution in [0.25, 0.3) is 0 Å². The molecule has 8 nitrogen and oxygen atoms in total. The molecular formula is C5H11ClN4O4. The summed E-state index contributed by atoms with van der Waals surface area (Å²) in [7, 11) is -4.54. The van der Waals surface area contributed by atoms with Gasteiger partial charge in [0.25, 0.3) is 0 Å². The maximum absolute atomic E-state index is 10.2. The molecule has 82 valence electrons. The van der Waals surface area contributed by atoms with Crippen LogP contribution in [0.2, 0.25) is 0 Å². The number of amidine groups is 1. The van der Waals surface area contributed by atoms with Crippen molar-refractivity contribution in [1.29, 1.82) is 0 Å². The lowest BCUT2D eigenvalue weighted by molar-refractivity contribution is -1.92. The number of rotatable bonds is 3. The summed E-state index contributed by atoms with van der Waals surface area (Å²) in [5.74, 6) is 5.33. The Morgan fingerprint density at radius 3 is 2.71 bits per heavy atom. The summed E-state index contributed by atoms with van der Waals surface area (Å²) in [4.78, 5) is 0. The molecule has 0 aromatic rings. The highest BCUT2D eigenvalue weighted by Crippen LogP contribution is 2.07. The summed E-state index contributed by atoms with van der Waals surface area (Å²) in [6.45, 7) is 2.74. The van der Waals surface area contributed by atoms with E-state index < -0.39 is 16.3 Å². The van der Waals surface area contributed by atoms with Crippen LogP contribution in [0.3, 0.4) is 0 Å². The molecule has 0 atom stereocenters. The Morgan fingerprint density at radius 2 is 2.21 bits per heavy atom. The maximum atomic E-state index is 10.2. The molecule has 0 amide bonds. The number of hydrogen-bond donors (Lipinski definition) is 1. The zero-order valence-corrected chi connectivity index (χ0v) is 8.31. The average Bonchev–Trinajstić information content (AvgIpc) is 2.29. The Hall–Kier alpha value is -0.800. The van der Waals surface area contributed by atoms with Gasteiger partial charge < -0.3 is 0 Å². The van der Waals surface area contributed by atoms with E-state index in [-0.39, 0.29) is 6.67 Å². The van der Waals surface area contributed by atoms with Crippen molar-refractivity contribution in [1.82, 2.24) is 10.0 Å². The lowest BCUT2D eigenvalue weighted by atomic mass is 10.5. The Labute approximate surface area is 82.8 Å². The van der Waals surface area contributed by atoms with Gasteiger partial charge in [-0.25, -0.2) is 10.9 Å². The molecule has 0 radical (unpaired) electrons. The molecule has 0 aromatic heterocycles. The molecule has 2 N–H and O–H groups in total. The van der Waals surface area contributed by atoms with Gasteiger partial charge in [-0.05, 0) is 10.7 Å². The third-order valence-electron chi connectivity index (χ3n) is 1.43. The van der Waals surface area contributed by atoms with E-state index in [0.717, 1.165) is 11.4 Å². The number of hydrogen-bond acceptors (Lipinski definition) is 8. The van der Waals surface area contributed by atoms with E-state index >= 15 is 0 Å². The molecule has 9 heteroatoms. The fraction of sp³-hybridized carbons (Fsp3) is 0.800. The summed E-state index contributed by atoms with van der Waals surface area (Å²) in [5, 5.41) is 6.13. The first kappa shape index (κ1) is 11.3. The van der Waals surface area contributed by atoms with E-state index in [2.05, 4.69) is 9.39 Å². The van der Waals surface area contributed by atoms with Crippen LogP contribution in [0.15, 0.2) is 5.10 Å². The molecular weight excluding hydrogens is 216 g/mol. The molecule has 0 aromatic carbocycles. The first-order chi connectivity index (χ1) is 6.42. The highest BCUT2D eigenvalue weighted by molar-refractivity contribution is 5.73. The van der Waals surface area contributed by atoms with Gasteiger partial charge in [-0.3, -0.25) is 5.01 Å². The van der Waals surface area contributed by atoms with E-state index in [1.807, 2.05) is 6.92 Å². The van der Waals surface area contributed by atoms with Crippen LogP contribution in [0.4, 0.5) is 0 Å². The molecule has 14 heavy (non-hydrogen) atoms. The van der Waals surface area contributed by atoms with Crippen molar-refractivity contribution in [2.24, 2.45) is 10.9 Å². The lowest BCUT2D eigenvalue weighted by Crippen LogP contribution is -2.63. The SMILES string of the molecule is CCCN1CN(N)C(O[Cl+3]([O-])([O-])[O-])=N1. The second kappa shape index (κ2) is 4.15. The predicted octanol–water partition coefficient (Wildman–Crippen LogP) is -3.97. The van der Waals surface area contributed by atoms with Gasteiger partial charge in [-0.1, -0.05) is 6.92 Å². The first-order valence-electron chi connectivity index (χ1n) is 3.88. The van der Waals surface area contributed by atoms with Gasteiger partial charge in [-0.2, -0.15) is 14.0 Å². The largest absolute Gasteiger partial charge is 0.488 e. The molecule has 0 saturated heterocycles. The third kappa shape index (κ3) is 3.16. The maximum Gasteiger partial charge on any atom is 0.488 e. The summed E-state index contributed by atoms with van der Waals surface area (Å²) in [6.07, 6.45) is 0.826. The minimum atomic E-state index is -4.54. The van der Waals surface area contributed by atoms with Gasteiger partial charge in [0.2, 0.25) is 0 Å². The average molecular weight is 227 g/mol. The van der Waals surface area contributed by atoms with Gasteiger partial charge in [0.05, 0.1) is 0 Å². The van der Waals surface area contributed by atoms with Crippen LogP contribution in [0.5, 0.6) is 0 Å². The molecule has 0 bridgehead atoms. The minimum absolute atomic E-state index is 0.203. The van der Waals surface area contributed by atoms with E-state index in [1.54, 1.807) is 0 Å². The van der Waals surface area contributed by atoms with Crippen LogP contribution >= 0.6 is 0 Å². The molecule has 0 unspecified atom stereocenters. The molecule has 1 rings (SSSR count). The van der Waals surface area contributed by atoms with Crippen molar-refractivity contribution in [3.8, 4) is 0 Å². The van der Waals surface area contributed by atoms with E-state index in [4.69, 9.17) is 5.84 Å². The Morgan fingerprint density at radius 1 is 1.57 bits per heavy atom. The van der Waals surface area contributed by atoms with Crippen LogP contribution in [-0.4, -0.2) is 29.3 Å². The minimum Gasteiger partial charge on any atom is -0.270 e. The summed E-state index contributed by atoms with van der Waals surface area (Å²) in [5.41, 5.74) is 0. The lowest BCUT2D eigenvalue weighted by Gasteiger charge is -2.14. The molecule has 0 saturated carbocycles. The normalized spacial score (nSPS) is 17.4. The number of hydrazine groups is 1. The Kier molecular flexibility index (Phi) is 3.34. The molecule has 0 fully saturated rings. The van der Waals surface area contributed by atoms with Crippen LogP contribution in [-0.2, 0) is 4.29 Å². The second-order valence-electron chi connectivity index (χ2n) is 2.68. The quantitative estimate of drug-likeness (QED) is 0.487. The number of halogens is 1. The highest BCUT2D eigenvalue weighted by atomic mass is 35.7. The molecule has 0 spiro atoms. The first-order valence-corrected chi connectivity index (χ1v) is 5.12. The van der Waals surface area contributed by atoms with Crippen LogP contribution < -0.4 is 19.8 Å². The number of hydrazone groups is 1. The smallest absolute Gasteiger partial charge is 0.270 e. The zero-order chi connectivity index (χ0) is 10.8. The van der Waals surface area contributed by atoms with Gasteiger partial charge in [0.1, 0.15) is 16.9 Å². The number of nitrogens with two attached hydrogens (primary N) is 1. The van der Waals surface area contributed by atoms with Gasteiger partial charge >= 0.3 is 6.02 Å². The molecule has 1 aliphatic rings. The monoisotopic (exact) mass is 226 g/mol. The molecule has 1 aliphatic heterocycles. The fourth-order valence-corrected chi connectivity index (χ4v) is 1.26. The fourth-order valence-electron chi connectivity index (χ4n) is 0.969. The zero-order valence-electron chi connectivity index (χ0n) is 7.55. The van der Waals surface area contributed by atoms with E-state index in [9.17, 15) is 14.0 Å². The summed E-state index contributed by atoms with van der Waals surface area (Å²) >= 11 is 0. The van der Waals surface area contributed by atoms with E-state index in [0.29, 0.717) is 6.54 Å². The van der Waals surface area contributed by atoms with Crippen molar-refractivity contribution in [2.45, 2.75) is 13.3 Å². The van der Waals surface area contributed by atoms with Gasteiger partial charge in [0.15, 0.2) is 0 Å². The van der Waals surface area contributed by atoms with Crippen LogP contribution in [0.1, 0.15) is 13.3 Å². The Bertz CT molecular complexity index is 230. The molecule has 0 aliphatic carbocycles. The standard InChI is InChI=1S/C5H11ClN4O4/c1-2-3-9-4-10(7)5(8-9)14-6(11,12)13/h2-4,7H2,1H3. The van der Waals surface area contributed by atoms with E-state index in [1.165, 1.54) is 5.01 Å². The Balaban J connectivity index is 2.55. The topological polar surface area (TPSA) is 123 Å². The predicted molar refractivity (Wildman–Crippen MR) is 36.4 cm³/mol. The molecule has 1 heterocycles. The van der Waals surface area contributed by atoms with Crippen molar-refractivity contribution < 1.29 is 28.5 Å². The van der Waals surface area contributed by atoms with Crippen molar-refractivity contribution in [2.75, 3.05) is 13.2 Å². The summed E-state index contributed by atoms with van der Waals surface area (Å²) in [6, 6.07) is -0.407. The van der Waals surface area contributed by atoms with Gasteiger partial charge in [-0.15, -0.1) is 5.10 Å². The second-order valence-corrected chi connectivity index (χ2v) is 3.59. The van der Waals surface area contributed by atoms with Crippen LogP contribution in [0, 0.1) is 10.2 Å². The highest BCUT2D eigenvalue weighted by Gasteiger charge is 2.33. The van der Waals surface area contributed by atoms with Gasteiger partial charge in [0, 0.05) is 6.54 Å².